The Morgan fingerprint density at radius 3 is 2.50 bits per heavy atom. The molecule has 2 nitrogen and oxygen atoms in total. The molecule has 0 aliphatic heterocycles. The summed E-state index contributed by atoms with van der Waals surface area (Å²) < 4.78 is 0. The molecule has 1 atom stereocenters. The maximum Gasteiger partial charge on any atom is 0.120 e. The number of rotatable bonds is 3. The summed E-state index contributed by atoms with van der Waals surface area (Å²) in [6, 6.07) is 6.12. The first kappa shape index (κ1) is 13.0. The van der Waals surface area contributed by atoms with E-state index in [4.69, 9.17) is 0 Å². The van der Waals surface area contributed by atoms with Crippen LogP contribution in [0.4, 0.5) is 0 Å². The van der Waals surface area contributed by atoms with Crippen LogP contribution in [0.15, 0.2) is 18.2 Å². The minimum absolute atomic E-state index is 0.236. The predicted molar refractivity (Wildman–Crippen MR) is 68.6 cm³/mol. The Kier molecular flexibility index (Phi) is 3.98. The second kappa shape index (κ2) is 4.88. The number of nitrogens with one attached hydrogen (secondary N) is 1. The van der Waals surface area contributed by atoms with Gasteiger partial charge in [0.05, 0.1) is 0 Å². The van der Waals surface area contributed by atoms with Crippen molar-refractivity contribution in [1.82, 2.24) is 5.32 Å². The molecular weight excluding hydrogens is 198 g/mol. The van der Waals surface area contributed by atoms with E-state index in [1.54, 1.807) is 6.07 Å². The van der Waals surface area contributed by atoms with Crippen molar-refractivity contribution in [3.05, 3.63) is 29.3 Å². The van der Waals surface area contributed by atoms with Gasteiger partial charge in [0.15, 0.2) is 0 Å². The van der Waals surface area contributed by atoms with Crippen LogP contribution in [0.3, 0.4) is 0 Å². The molecule has 16 heavy (non-hydrogen) atoms. The van der Waals surface area contributed by atoms with Gasteiger partial charge in [-0.15, -0.1) is 0 Å². The second-order valence-corrected chi connectivity index (χ2v) is 5.60. The summed E-state index contributed by atoms with van der Waals surface area (Å²) in [5, 5.41) is 13.2. The Labute approximate surface area is 98.7 Å². The average Bonchev–Trinajstić information content (AvgIpc) is 2.17. The highest BCUT2D eigenvalue weighted by Gasteiger charge is 2.19. The van der Waals surface area contributed by atoms with Crippen molar-refractivity contribution in [2.75, 3.05) is 0 Å². The van der Waals surface area contributed by atoms with Crippen LogP contribution in [0.2, 0.25) is 0 Å². The normalized spacial score (nSPS) is 13.8. The molecule has 0 amide bonds. The zero-order chi connectivity index (χ0) is 12.3. The fourth-order valence-electron chi connectivity index (χ4n) is 1.43. The highest BCUT2D eigenvalue weighted by atomic mass is 16.3. The summed E-state index contributed by atoms with van der Waals surface area (Å²) in [6.45, 7) is 11.6. The Hall–Kier alpha value is -1.02. The molecule has 0 saturated heterocycles. The Morgan fingerprint density at radius 1 is 1.31 bits per heavy atom. The van der Waals surface area contributed by atoms with E-state index in [9.17, 15) is 5.11 Å². The van der Waals surface area contributed by atoms with Crippen LogP contribution in [0.1, 0.15) is 38.8 Å². The maximum absolute atomic E-state index is 9.71. The summed E-state index contributed by atoms with van der Waals surface area (Å²) in [4.78, 5) is 0. The van der Waals surface area contributed by atoms with Gasteiger partial charge in [0.2, 0.25) is 0 Å². The third-order valence-corrected chi connectivity index (χ3v) is 3.13. The number of hydrogen-bond acceptors (Lipinski definition) is 2. The van der Waals surface area contributed by atoms with Gasteiger partial charge in [-0.25, -0.2) is 0 Å². The van der Waals surface area contributed by atoms with E-state index in [0.29, 0.717) is 18.3 Å². The van der Waals surface area contributed by atoms with E-state index >= 15 is 0 Å². The first-order valence-electron chi connectivity index (χ1n) is 5.82. The van der Waals surface area contributed by atoms with Crippen molar-refractivity contribution in [3.63, 3.8) is 0 Å². The minimum Gasteiger partial charge on any atom is -0.508 e. The maximum atomic E-state index is 9.71. The number of aromatic hydroxyl groups is 1. The van der Waals surface area contributed by atoms with Crippen molar-refractivity contribution >= 4 is 0 Å². The highest BCUT2D eigenvalue weighted by molar-refractivity contribution is 5.35. The molecule has 0 bridgehead atoms. The molecule has 0 fully saturated rings. The average molecular weight is 221 g/mol. The lowest BCUT2D eigenvalue weighted by Gasteiger charge is -2.28. The summed E-state index contributed by atoms with van der Waals surface area (Å²) >= 11 is 0. The molecule has 0 radical (unpaired) electrons. The van der Waals surface area contributed by atoms with Crippen LogP contribution >= 0.6 is 0 Å². The van der Waals surface area contributed by atoms with Crippen molar-refractivity contribution in [3.8, 4) is 5.75 Å². The van der Waals surface area contributed by atoms with Crippen LogP contribution in [-0.2, 0) is 6.54 Å². The zero-order valence-electron chi connectivity index (χ0n) is 11.0. The molecule has 0 aliphatic rings. The van der Waals surface area contributed by atoms with Crippen LogP contribution < -0.4 is 5.32 Å². The third kappa shape index (κ3) is 3.53. The lowest BCUT2D eigenvalue weighted by atomic mass is 9.88. The van der Waals surface area contributed by atoms with Gasteiger partial charge < -0.3 is 10.4 Å². The van der Waals surface area contributed by atoms with Crippen LogP contribution in [0.25, 0.3) is 0 Å². The number of aryl methyl sites for hydroxylation is 1. The Bertz CT molecular complexity index is 352. The Morgan fingerprint density at radius 2 is 1.94 bits per heavy atom. The summed E-state index contributed by atoms with van der Waals surface area (Å²) in [5.74, 6) is 0.374. The SMILES string of the molecule is Cc1ccc(O)c(CNC(C)C(C)(C)C)c1. The zero-order valence-corrected chi connectivity index (χ0v) is 11.0. The quantitative estimate of drug-likeness (QED) is 0.821. The van der Waals surface area contributed by atoms with Gasteiger partial charge in [-0.1, -0.05) is 38.5 Å². The van der Waals surface area contributed by atoms with E-state index in [0.717, 1.165) is 5.56 Å². The van der Waals surface area contributed by atoms with Gasteiger partial charge in [-0.05, 0) is 25.3 Å². The summed E-state index contributed by atoms with van der Waals surface area (Å²) in [5.41, 5.74) is 2.38. The Balaban J connectivity index is 2.64. The van der Waals surface area contributed by atoms with Crippen molar-refractivity contribution in [2.24, 2.45) is 5.41 Å². The van der Waals surface area contributed by atoms with Gasteiger partial charge in [-0.2, -0.15) is 0 Å². The molecule has 1 rings (SSSR count). The molecular formula is C14H23NO. The number of benzene rings is 1. The standard InChI is InChI=1S/C14H23NO/c1-10-6-7-13(16)12(8-10)9-15-11(2)14(3,4)5/h6-8,11,15-16H,9H2,1-5H3. The minimum atomic E-state index is 0.236. The molecule has 0 aromatic heterocycles. The summed E-state index contributed by atoms with van der Waals surface area (Å²) in [7, 11) is 0. The van der Waals surface area contributed by atoms with Gasteiger partial charge in [-0.3, -0.25) is 0 Å². The lowest BCUT2D eigenvalue weighted by molar-refractivity contribution is 0.284. The molecule has 0 heterocycles. The van der Waals surface area contributed by atoms with Crippen molar-refractivity contribution in [2.45, 2.75) is 47.2 Å². The molecule has 1 aromatic rings. The fraction of sp³-hybridized carbons (Fsp3) is 0.571. The molecule has 0 saturated carbocycles. The molecule has 1 aromatic carbocycles. The molecule has 2 heteroatoms. The smallest absolute Gasteiger partial charge is 0.120 e. The van der Waals surface area contributed by atoms with E-state index in [1.807, 2.05) is 19.1 Å². The molecule has 2 N–H and O–H groups in total. The number of hydrogen-bond donors (Lipinski definition) is 2. The topological polar surface area (TPSA) is 32.3 Å². The number of phenols is 1. The monoisotopic (exact) mass is 221 g/mol. The van der Waals surface area contributed by atoms with E-state index in [-0.39, 0.29) is 5.41 Å². The predicted octanol–water partition coefficient (Wildman–Crippen LogP) is 3.22. The van der Waals surface area contributed by atoms with Crippen molar-refractivity contribution < 1.29 is 5.11 Å². The second-order valence-electron chi connectivity index (χ2n) is 5.60. The van der Waals surface area contributed by atoms with Gasteiger partial charge in [0, 0.05) is 18.2 Å². The molecule has 90 valence electrons. The largest absolute Gasteiger partial charge is 0.508 e. The lowest BCUT2D eigenvalue weighted by Crippen LogP contribution is -2.37. The first-order chi connectivity index (χ1) is 7.30. The van der Waals surface area contributed by atoms with Gasteiger partial charge in [0.25, 0.3) is 0 Å². The molecule has 1 unspecified atom stereocenters. The molecule has 0 spiro atoms. The van der Waals surface area contributed by atoms with E-state index in [1.165, 1.54) is 5.56 Å². The molecule has 0 aliphatic carbocycles. The third-order valence-electron chi connectivity index (χ3n) is 3.13. The van der Waals surface area contributed by atoms with Crippen molar-refractivity contribution in [1.29, 1.82) is 0 Å². The van der Waals surface area contributed by atoms with Crippen LogP contribution in [-0.4, -0.2) is 11.1 Å². The number of phenolic OH excluding ortho intramolecular Hbond substituents is 1. The first-order valence-corrected chi connectivity index (χ1v) is 5.82. The highest BCUT2D eigenvalue weighted by Crippen LogP contribution is 2.21. The van der Waals surface area contributed by atoms with Crippen LogP contribution in [0.5, 0.6) is 5.75 Å². The van der Waals surface area contributed by atoms with Gasteiger partial charge in [0.1, 0.15) is 5.75 Å². The summed E-state index contributed by atoms with van der Waals surface area (Å²) in [6.07, 6.45) is 0. The van der Waals surface area contributed by atoms with Gasteiger partial charge >= 0.3 is 0 Å². The fourth-order valence-corrected chi connectivity index (χ4v) is 1.43. The van der Waals surface area contributed by atoms with Crippen LogP contribution in [0, 0.1) is 12.3 Å². The van der Waals surface area contributed by atoms with E-state index in [2.05, 4.69) is 33.0 Å². The van der Waals surface area contributed by atoms with E-state index < -0.39 is 0 Å².